The lowest BCUT2D eigenvalue weighted by Crippen LogP contribution is -2.33. The Balaban J connectivity index is 1.86. The first-order chi connectivity index (χ1) is 8.65. The van der Waals surface area contributed by atoms with Crippen molar-refractivity contribution in [3.63, 3.8) is 0 Å². The number of hydrogen-bond donors (Lipinski definition) is 2. The van der Waals surface area contributed by atoms with Gasteiger partial charge in [-0.1, -0.05) is 11.6 Å². The van der Waals surface area contributed by atoms with Crippen LogP contribution >= 0.6 is 23.4 Å². The van der Waals surface area contributed by atoms with Gasteiger partial charge < -0.3 is 14.6 Å². The summed E-state index contributed by atoms with van der Waals surface area (Å²) in [4.78, 5) is 10.9. The van der Waals surface area contributed by atoms with Gasteiger partial charge in [0.15, 0.2) is 11.5 Å². The monoisotopic (exact) mass is 287 g/mol. The van der Waals surface area contributed by atoms with Crippen LogP contribution in [0.25, 0.3) is 0 Å². The molecule has 0 radical (unpaired) electrons. The number of carbonyl (C=O) groups is 1. The molecule has 2 N–H and O–H groups in total. The number of fused-ring (bicyclic) bond motifs is 1. The number of ether oxygens (including phenoxy) is 2. The molecule has 1 saturated heterocycles. The number of nitrogens with one attached hydrogen (secondary N) is 1. The third-order valence-corrected chi connectivity index (χ3v) is 4.38. The van der Waals surface area contributed by atoms with Crippen LogP contribution in [0.5, 0.6) is 11.5 Å². The van der Waals surface area contributed by atoms with Crippen LogP contribution < -0.4 is 14.8 Å². The first kappa shape index (κ1) is 12.0. The van der Waals surface area contributed by atoms with Crippen LogP contribution in [-0.2, 0) is 4.79 Å². The average Bonchev–Trinajstić information content (AvgIpc) is 2.97. The van der Waals surface area contributed by atoms with Gasteiger partial charge in [-0.05, 0) is 17.7 Å². The maximum Gasteiger partial charge on any atom is 0.321 e. The molecule has 2 unspecified atom stereocenters. The molecule has 1 aromatic rings. The van der Waals surface area contributed by atoms with E-state index in [2.05, 4.69) is 5.32 Å². The predicted octanol–water partition coefficient (Wildman–Crippen LogP) is 1.86. The molecule has 18 heavy (non-hydrogen) atoms. The Morgan fingerprint density at radius 2 is 2.33 bits per heavy atom. The minimum atomic E-state index is -0.836. The quantitative estimate of drug-likeness (QED) is 0.865. The van der Waals surface area contributed by atoms with Crippen LogP contribution in [0, 0.1) is 0 Å². The second kappa shape index (κ2) is 4.53. The van der Waals surface area contributed by atoms with Gasteiger partial charge in [-0.3, -0.25) is 10.1 Å². The fraction of sp³-hybridized carbons (Fsp3) is 0.364. The van der Waals surface area contributed by atoms with E-state index >= 15 is 0 Å². The van der Waals surface area contributed by atoms with Gasteiger partial charge in [0.1, 0.15) is 6.04 Å². The summed E-state index contributed by atoms with van der Waals surface area (Å²) in [5, 5.41) is 12.4. The lowest BCUT2D eigenvalue weighted by atomic mass is 10.2. The molecule has 1 fully saturated rings. The molecule has 2 aliphatic heterocycles. The molecule has 0 aromatic heterocycles. The maximum atomic E-state index is 10.9. The second-order valence-corrected chi connectivity index (χ2v) is 5.55. The number of hydrogen-bond acceptors (Lipinski definition) is 5. The van der Waals surface area contributed by atoms with Gasteiger partial charge in [-0.15, -0.1) is 11.8 Å². The highest BCUT2D eigenvalue weighted by Gasteiger charge is 2.31. The van der Waals surface area contributed by atoms with Crippen LogP contribution in [-0.4, -0.2) is 29.7 Å². The molecule has 2 aliphatic rings. The summed E-state index contributed by atoms with van der Waals surface area (Å²) in [7, 11) is 0. The zero-order valence-corrected chi connectivity index (χ0v) is 10.8. The van der Waals surface area contributed by atoms with Crippen molar-refractivity contribution < 1.29 is 19.4 Å². The first-order valence-corrected chi connectivity index (χ1v) is 6.77. The lowest BCUT2D eigenvalue weighted by Gasteiger charge is -2.12. The zero-order chi connectivity index (χ0) is 12.7. The molecule has 1 aromatic carbocycles. The van der Waals surface area contributed by atoms with Crippen LogP contribution in [0.2, 0.25) is 5.02 Å². The fourth-order valence-corrected chi connectivity index (χ4v) is 3.43. The van der Waals surface area contributed by atoms with E-state index < -0.39 is 12.0 Å². The van der Waals surface area contributed by atoms with Crippen LogP contribution in [0.4, 0.5) is 0 Å². The van der Waals surface area contributed by atoms with Crippen molar-refractivity contribution in [3.8, 4) is 11.5 Å². The number of rotatable bonds is 2. The smallest absolute Gasteiger partial charge is 0.321 e. The van der Waals surface area contributed by atoms with E-state index in [1.54, 1.807) is 6.07 Å². The fourth-order valence-electron chi connectivity index (χ4n) is 1.95. The first-order valence-electron chi connectivity index (χ1n) is 5.34. The van der Waals surface area contributed by atoms with Crippen molar-refractivity contribution in [1.29, 1.82) is 0 Å². The SMILES string of the molecule is O=C(O)C1CSC(c2cc(Cl)c3c(c2)OCO3)N1. The Kier molecular flexibility index (Phi) is 3.01. The van der Waals surface area contributed by atoms with Gasteiger partial charge in [0.2, 0.25) is 6.79 Å². The molecule has 5 nitrogen and oxygen atoms in total. The van der Waals surface area contributed by atoms with Gasteiger partial charge in [0, 0.05) is 5.75 Å². The maximum absolute atomic E-state index is 10.9. The Labute approximate surface area is 112 Å². The summed E-state index contributed by atoms with van der Waals surface area (Å²) in [6.07, 6.45) is 0. The predicted molar refractivity (Wildman–Crippen MR) is 67.3 cm³/mol. The number of thioether (sulfide) groups is 1. The largest absolute Gasteiger partial charge is 0.480 e. The van der Waals surface area contributed by atoms with E-state index in [9.17, 15) is 4.79 Å². The molecular weight excluding hydrogens is 278 g/mol. The van der Waals surface area contributed by atoms with Gasteiger partial charge in [-0.25, -0.2) is 0 Å². The van der Waals surface area contributed by atoms with Crippen molar-refractivity contribution in [2.24, 2.45) is 0 Å². The minimum Gasteiger partial charge on any atom is -0.480 e. The second-order valence-electron chi connectivity index (χ2n) is 4.01. The molecule has 7 heteroatoms. The van der Waals surface area contributed by atoms with Crippen molar-refractivity contribution >= 4 is 29.3 Å². The third-order valence-electron chi connectivity index (χ3n) is 2.83. The summed E-state index contributed by atoms with van der Waals surface area (Å²) in [6, 6.07) is 3.09. The minimum absolute atomic E-state index is 0.0851. The number of carboxylic acids is 1. The van der Waals surface area contributed by atoms with E-state index in [1.165, 1.54) is 11.8 Å². The number of benzene rings is 1. The van der Waals surface area contributed by atoms with Crippen molar-refractivity contribution in [3.05, 3.63) is 22.7 Å². The van der Waals surface area contributed by atoms with E-state index in [-0.39, 0.29) is 12.2 Å². The summed E-state index contributed by atoms with van der Waals surface area (Å²) in [5.41, 5.74) is 0.901. The van der Waals surface area contributed by atoms with Gasteiger partial charge >= 0.3 is 5.97 Å². The number of aliphatic carboxylic acids is 1. The molecule has 2 atom stereocenters. The Bertz CT molecular complexity index is 510. The van der Waals surface area contributed by atoms with Gasteiger partial charge in [0.05, 0.1) is 10.4 Å². The van der Waals surface area contributed by atoms with Crippen LogP contribution in [0.15, 0.2) is 12.1 Å². The average molecular weight is 288 g/mol. The van der Waals surface area contributed by atoms with E-state index in [0.29, 0.717) is 22.3 Å². The van der Waals surface area contributed by atoms with E-state index in [4.69, 9.17) is 26.2 Å². The Morgan fingerprint density at radius 1 is 1.50 bits per heavy atom. The third kappa shape index (κ3) is 2.00. The summed E-state index contributed by atoms with van der Waals surface area (Å²) < 4.78 is 10.5. The lowest BCUT2D eigenvalue weighted by molar-refractivity contribution is -0.138. The van der Waals surface area contributed by atoms with Crippen LogP contribution in [0.3, 0.4) is 0 Å². The standard InChI is InChI=1S/C11H10ClNO4S/c12-6-1-5(2-8-9(6)17-4-16-8)10-13-7(3-18-10)11(14)15/h1-2,7,10,13H,3-4H2,(H,14,15). The highest BCUT2D eigenvalue weighted by Crippen LogP contribution is 2.43. The van der Waals surface area contributed by atoms with Gasteiger partial charge in [-0.2, -0.15) is 0 Å². The zero-order valence-electron chi connectivity index (χ0n) is 9.18. The number of carboxylic acid groups (broad SMARTS) is 1. The molecule has 0 aliphatic carbocycles. The van der Waals surface area contributed by atoms with E-state index in [0.717, 1.165) is 5.56 Å². The highest BCUT2D eigenvalue weighted by atomic mass is 35.5. The molecule has 3 rings (SSSR count). The van der Waals surface area contributed by atoms with Crippen LogP contribution in [0.1, 0.15) is 10.9 Å². The molecule has 0 bridgehead atoms. The van der Waals surface area contributed by atoms with Crippen molar-refractivity contribution in [2.75, 3.05) is 12.5 Å². The molecule has 0 amide bonds. The Morgan fingerprint density at radius 3 is 3.06 bits per heavy atom. The van der Waals surface area contributed by atoms with Crippen molar-refractivity contribution in [1.82, 2.24) is 5.32 Å². The normalized spacial score (nSPS) is 25.4. The molecule has 2 heterocycles. The summed E-state index contributed by atoms with van der Waals surface area (Å²) in [5.74, 6) is 0.861. The molecular formula is C11H10ClNO4S. The van der Waals surface area contributed by atoms with Crippen molar-refractivity contribution in [2.45, 2.75) is 11.4 Å². The molecule has 96 valence electrons. The number of halogens is 1. The topological polar surface area (TPSA) is 67.8 Å². The summed E-state index contributed by atoms with van der Waals surface area (Å²) >= 11 is 7.63. The van der Waals surface area contributed by atoms with Gasteiger partial charge in [0.25, 0.3) is 0 Å². The van der Waals surface area contributed by atoms with E-state index in [1.807, 2.05) is 6.07 Å². The molecule has 0 saturated carbocycles. The Hall–Kier alpha value is -1.11. The summed E-state index contributed by atoms with van der Waals surface area (Å²) in [6.45, 7) is 0.168. The highest BCUT2D eigenvalue weighted by molar-refractivity contribution is 7.99. The molecule has 0 spiro atoms.